The van der Waals surface area contributed by atoms with Gasteiger partial charge in [0.15, 0.2) is 11.5 Å². The number of rotatable bonds is 4. The lowest BCUT2D eigenvalue weighted by molar-refractivity contribution is -0.292. The Morgan fingerprint density at radius 3 is 2.19 bits per heavy atom. The van der Waals surface area contributed by atoms with Crippen LogP contribution in [-0.2, 0) is 25.7 Å². The van der Waals surface area contributed by atoms with Gasteiger partial charge in [0.2, 0.25) is 0 Å². The van der Waals surface area contributed by atoms with E-state index in [1.807, 2.05) is 0 Å². The summed E-state index contributed by atoms with van der Waals surface area (Å²) in [6.45, 7) is -0.177. The number of aromatic nitrogens is 4. The Labute approximate surface area is 167 Å². The second kappa shape index (κ2) is 7.28. The van der Waals surface area contributed by atoms with Crippen LogP contribution in [0.3, 0.4) is 0 Å². The van der Waals surface area contributed by atoms with E-state index in [0.717, 1.165) is 25.5 Å². The molecule has 168 valence electrons. The molecule has 0 aliphatic carbocycles. The van der Waals surface area contributed by atoms with Crippen LogP contribution in [0.5, 0.6) is 0 Å². The van der Waals surface area contributed by atoms with Crippen molar-refractivity contribution in [3.63, 3.8) is 0 Å². The molecule has 31 heavy (non-hydrogen) atoms. The Morgan fingerprint density at radius 2 is 1.65 bits per heavy atom. The van der Waals surface area contributed by atoms with Gasteiger partial charge in [-0.1, -0.05) is 6.07 Å². The maximum atomic E-state index is 13.8. The van der Waals surface area contributed by atoms with E-state index < -0.39 is 41.2 Å². The number of aryl methyl sites for hydroxylation is 1. The van der Waals surface area contributed by atoms with Crippen LogP contribution in [0.1, 0.15) is 16.8 Å². The molecule has 0 unspecified atom stereocenters. The summed E-state index contributed by atoms with van der Waals surface area (Å²) >= 11 is 0. The number of hydrogen-bond acceptors (Lipinski definition) is 3. The lowest BCUT2D eigenvalue weighted by Crippen LogP contribution is -2.36. The third kappa shape index (κ3) is 3.86. The van der Waals surface area contributed by atoms with E-state index in [2.05, 4.69) is 10.2 Å². The first-order chi connectivity index (χ1) is 14.2. The Morgan fingerprint density at radius 1 is 1.00 bits per heavy atom. The zero-order valence-corrected chi connectivity index (χ0v) is 15.4. The van der Waals surface area contributed by atoms with Crippen molar-refractivity contribution in [3.05, 3.63) is 53.2 Å². The van der Waals surface area contributed by atoms with Crippen molar-refractivity contribution in [2.45, 2.75) is 24.8 Å². The molecular formula is C17H12F9N5. The van der Waals surface area contributed by atoms with Gasteiger partial charge in [-0.25, -0.2) is 13.8 Å². The SMILES string of the molecule is Cn1nc(C(F)(F)C(F)(F)F)c(C(F)(F)F)c1-n1cc(-c2ccc(F)c(CN)c2)cn1. The van der Waals surface area contributed by atoms with Crippen LogP contribution in [0.15, 0.2) is 30.6 Å². The van der Waals surface area contributed by atoms with Crippen molar-refractivity contribution in [1.29, 1.82) is 0 Å². The zero-order valence-electron chi connectivity index (χ0n) is 15.4. The number of alkyl halides is 8. The predicted molar refractivity (Wildman–Crippen MR) is 88.6 cm³/mol. The van der Waals surface area contributed by atoms with E-state index in [1.165, 1.54) is 12.1 Å². The summed E-state index contributed by atoms with van der Waals surface area (Å²) in [5, 5.41) is 6.45. The minimum Gasteiger partial charge on any atom is -0.326 e. The van der Waals surface area contributed by atoms with Gasteiger partial charge in [-0.2, -0.15) is 45.3 Å². The molecule has 1 aromatic carbocycles. The number of nitrogens with zero attached hydrogens (tertiary/aromatic N) is 4. The van der Waals surface area contributed by atoms with Crippen LogP contribution >= 0.6 is 0 Å². The van der Waals surface area contributed by atoms with Gasteiger partial charge in [0, 0.05) is 30.9 Å². The molecule has 0 amide bonds. The molecule has 14 heteroatoms. The molecule has 0 aliphatic heterocycles. The van der Waals surface area contributed by atoms with E-state index in [4.69, 9.17) is 5.73 Å². The predicted octanol–water partition coefficient (Wildman–Crippen LogP) is 4.54. The highest BCUT2D eigenvalue weighted by atomic mass is 19.4. The fraction of sp³-hybridized carbons (Fsp3) is 0.294. The summed E-state index contributed by atoms with van der Waals surface area (Å²) in [5.74, 6) is -7.64. The highest BCUT2D eigenvalue weighted by molar-refractivity contribution is 5.63. The molecule has 3 rings (SSSR count). The topological polar surface area (TPSA) is 61.7 Å². The highest BCUT2D eigenvalue weighted by Crippen LogP contribution is 2.49. The summed E-state index contributed by atoms with van der Waals surface area (Å²) in [6, 6.07) is 3.63. The molecule has 0 radical (unpaired) electrons. The fourth-order valence-corrected chi connectivity index (χ4v) is 2.89. The summed E-state index contributed by atoms with van der Waals surface area (Å²) in [5.41, 5.74) is 1.13. The molecule has 0 atom stereocenters. The average Bonchev–Trinajstić information content (AvgIpc) is 3.25. The van der Waals surface area contributed by atoms with Crippen molar-refractivity contribution in [1.82, 2.24) is 19.6 Å². The van der Waals surface area contributed by atoms with Crippen LogP contribution in [-0.4, -0.2) is 25.7 Å². The molecular weight excluding hydrogens is 445 g/mol. The molecule has 0 bridgehead atoms. The van der Waals surface area contributed by atoms with E-state index in [0.29, 0.717) is 4.68 Å². The largest absolute Gasteiger partial charge is 0.459 e. The van der Waals surface area contributed by atoms with Gasteiger partial charge in [-0.15, -0.1) is 0 Å². The normalized spacial score (nSPS) is 13.1. The number of benzene rings is 1. The van der Waals surface area contributed by atoms with Gasteiger partial charge in [0.25, 0.3) is 0 Å². The molecule has 0 aliphatic rings. The monoisotopic (exact) mass is 457 g/mol. The third-order valence-electron chi connectivity index (χ3n) is 4.35. The molecule has 0 spiro atoms. The van der Waals surface area contributed by atoms with Gasteiger partial charge < -0.3 is 5.73 Å². The van der Waals surface area contributed by atoms with Gasteiger partial charge in [0.05, 0.1) is 6.20 Å². The molecule has 0 saturated heterocycles. The first kappa shape index (κ1) is 22.7. The average molecular weight is 457 g/mol. The molecule has 5 nitrogen and oxygen atoms in total. The number of hydrogen-bond donors (Lipinski definition) is 1. The maximum Gasteiger partial charge on any atom is 0.459 e. The second-order valence-corrected chi connectivity index (χ2v) is 6.42. The van der Waals surface area contributed by atoms with E-state index in [-0.39, 0.29) is 27.9 Å². The van der Waals surface area contributed by atoms with Crippen molar-refractivity contribution < 1.29 is 39.5 Å². The van der Waals surface area contributed by atoms with E-state index in [9.17, 15) is 39.5 Å². The highest BCUT2D eigenvalue weighted by Gasteiger charge is 2.64. The van der Waals surface area contributed by atoms with Gasteiger partial charge >= 0.3 is 18.3 Å². The summed E-state index contributed by atoms with van der Waals surface area (Å²) in [7, 11) is 0.770. The van der Waals surface area contributed by atoms with Crippen LogP contribution in [0.4, 0.5) is 39.5 Å². The zero-order chi connectivity index (χ0) is 23.4. The lowest BCUT2D eigenvalue weighted by Gasteiger charge is -2.19. The van der Waals surface area contributed by atoms with Gasteiger partial charge in [0.1, 0.15) is 11.4 Å². The van der Waals surface area contributed by atoms with Crippen LogP contribution in [0, 0.1) is 5.82 Å². The first-order valence-corrected chi connectivity index (χ1v) is 8.31. The number of halogens is 9. The van der Waals surface area contributed by atoms with Crippen molar-refractivity contribution in [2.24, 2.45) is 12.8 Å². The molecule has 2 N–H and O–H groups in total. The minimum atomic E-state index is -6.30. The number of nitrogens with two attached hydrogens (primary N) is 1. The molecule has 0 fully saturated rings. The first-order valence-electron chi connectivity index (χ1n) is 8.31. The standard InChI is InChI=1S/C17H12F9N5/c1-30-14(12(16(21,22)23)13(29-30)15(19,20)17(24,25)26)31-7-10(6-28-31)8-2-3-11(18)9(4-8)5-27/h2-4,6-7H,5,27H2,1H3. The van der Waals surface area contributed by atoms with Crippen molar-refractivity contribution >= 4 is 0 Å². The molecule has 2 heterocycles. The summed E-state index contributed by atoms with van der Waals surface area (Å²) in [6.07, 6.45) is -9.93. The lowest BCUT2D eigenvalue weighted by atomic mass is 10.1. The van der Waals surface area contributed by atoms with Gasteiger partial charge in [-0.05, 0) is 17.7 Å². The Balaban J connectivity index is 2.19. The van der Waals surface area contributed by atoms with Crippen molar-refractivity contribution in [3.8, 4) is 16.9 Å². The van der Waals surface area contributed by atoms with Gasteiger partial charge in [-0.3, -0.25) is 0 Å². The molecule has 3 aromatic rings. The molecule has 2 aromatic heterocycles. The smallest absolute Gasteiger partial charge is 0.326 e. The Bertz CT molecular complexity index is 1110. The Hall–Kier alpha value is -3.03. The minimum absolute atomic E-state index is 0.0915. The summed E-state index contributed by atoms with van der Waals surface area (Å²) in [4.78, 5) is 0. The maximum absolute atomic E-state index is 13.8. The quantitative estimate of drug-likeness (QED) is 0.586. The van der Waals surface area contributed by atoms with Crippen LogP contribution < -0.4 is 5.73 Å². The molecule has 0 saturated carbocycles. The second-order valence-electron chi connectivity index (χ2n) is 6.42. The Kier molecular flexibility index (Phi) is 5.32. The van der Waals surface area contributed by atoms with Crippen LogP contribution in [0.2, 0.25) is 0 Å². The van der Waals surface area contributed by atoms with E-state index >= 15 is 0 Å². The third-order valence-corrected chi connectivity index (χ3v) is 4.35. The fourth-order valence-electron chi connectivity index (χ4n) is 2.89. The van der Waals surface area contributed by atoms with Crippen molar-refractivity contribution in [2.75, 3.05) is 0 Å². The van der Waals surface area contributed by atoms with Crippen LogP contribution in [0.25, 0.3) is 16.9 Å². The van der Waals surface area contributed by atoms with E-state index in [1.54, 1.807) is 0 Å². The summed E-state index contributed by atoms with van der Waals surface area (Å²) < 4.78 is 121.